The van der Waals surface area contributed by atoms with E-state index in [9.17, 15) is 14.7 Å². The first kappa shape index (κ1) is 21.6. The Balaban J connectivity index is 1.90. The highest BCUT2D eigenvalue weighted by Crippen LogP contribution is 2.43. The van der Waals surface area contributed by atoms with Gasteiger partial charge in [-0.15, -0.1) is 0 Å². The molecule has 2 aromatic rings. The molecule has 2 N–H and O–H groups in total. The third-order valence-electron chi connectivity index (χ3n) is 6.11. The fourth-order valence-electron chi connectivity index (χ4n) is 4.16. The number of benzene rings is 2. The summed E-state index contributed by atoms with van der Waals surface area (Å²) in [7, 11) is 0. The monoisotopic (exact) mass is 403 g/mol. The van der Waals surface area contributed by atoms with Crippen LogP contribution < -0.4 is 5.32 Å². The van der Waals surface area contributed by atoms with Crippen molar-refractivity contribution in [3.8, 4) is 0 Å². The zero-order chi connectivity index (χ0) is 21.9. The number of rotatable bonds is 7. The summed E-state index contributed by atoms with van der Waals surface area (Å²) < 4.78 is 0. The van der Waals surface area contributed by atoms with E-state index < -0.39 is 0 Å². The van der Waals surface area contributed by atoms with E-state index in [0.717, 1.165) is 12.8 Å². The lowest BCUT2D eigenvalue weighted by Gasteiger charge is -2.34. The molecule has 0 spiro atoms. The molecule has 3 rings (SSSR count). The predicted octanol–water partition coefficient (Wildman–Crippen LogP) is 6.61. The highest BCUT2D eigenvalue weighted by Gasteiger charge is 2.28. The second-order valence-electron chi connectivity index (χ2n) is 8.88. The predicted molar refractivity (Wildman–Crippen MR) is 123 cm³/mol. The number of carbonyl (C=O) groups excluding carboxylic acids is 2. The van der Waals surface area contributed by atoms with E-state index in [-0.39, 0.29) is 5.76 Å². The van der Waals surface area contributed by atoms with Gasteiger partial charge in [0.25, 0.3) is 0 Å². The van der Waals surface area contributed by atoms with Crippen molar-refractivity contribution in [1.82, 2.24) is 0 Å². The van der Waals surface area contributed by atoms with Crippen molar-refractivity contribution in [2.45, 2.75) is 45.4 Å². The zero-order valence-corrected chi connectivity index (χ0v) is 17.7. The number of nitrogens with one attached hydrogen (secondary N) is 1. The van der Waals surface area contributed by atoms with Crippen molar-refractivity contribution in [2.24, 2.45) is 5.41 Å². The Bertz CT molecular complexity index is 993. The van der Waals surface area contributed by atoms with Crippen molar-refractivity contribution in [3.05, 3.63) is 77.4 Å². The number of aldehydes is 2. The van der Waals surface area contributed by atoms with Gasteiger partial charge in [-0.25, -0.2) is 0 Å². The van der Waals surface area contributed by atoms with E-state index in [4.69, 9.17) is 0 Å². The van der Waals surface area contributed by atoms with E-state index in [2.05, 4.69) is 38.4 Å². The molecule has 1 saturated carbocycles. The zero-order valence-electron chi connectivity index (χ0n) is 17.7. The Morgan fingerprint density at radius 1 is 1.03 bits per heavy atom. The van der Waals surface area contributed by atoms with E-state index >= 15 is 0 Å². The van der Waals surface area contributed by atoms with E-state index in [0.29, 0.717) is 57.5 Å². The number of hydrogen-bond acceptors (Lipinski definition) is 4. The van der Waals surface area contributed by atoms with Crippen LogP contribution in [0.4, 0.5) is 5.69 Å². The first-order valence-electron chi connectivity index (χ1n) is 10.3. The molecule has 1 aliphatic carbocycles. The van der Waals surface area contributed by atoms with Gasteiger partial charge in [0, 0.05) is 33.6 Å². The van der Waals surface area contributed by atoms with Crippen LogP contribution >= 0.6 is 0 Å². The van der Waals surface area contributed by atoms with Crippen molar-refractivity contribution >= 4 is 29.7 Å². The quantitative estimate of drug-likeness (QED) is 0.403. The van der Waals surface area contributed by atoms with Crippen LogP contribution in [0.15, 0.2) is 49.6 Å². The summed E-state index contributed by atoms with van der Waals surface area (Å²) in [5.74, 6) is 0.443. The number of aliphatic hydroxyl groups is 1. The van der Waals surface area contributed by atoms with Gasteiger partial charge in [-0.3, -0.25) is 9.59 Å². The molecule has 156 valence electrons. The number of carbonyl (C=O) groups is 2. The third-order valence-corrected chi connectivity index (χ3v) is 6.11. The van der Waals surface area contributed by atoms with Crippen LogP contribution in [0.5, 0.6) is 0 Å². The molecular formula is C26H29NO3. The molecule has 0 atom stereocenters. The van der Waals surface area contributed by atoms with Gasteiger partial charge < -0.3 is 10.4 Å². The first-order chi connectivity index (χ1) is 14.2. The molecule has 0 aliphatic heterocycles. The average molecular weight is 404 g/mol. The molecule has 0 bridgehead atoms. The van der Waals surface area contributed by atoms with Crippen molar-refractivity contribution < 1.29 is 14.7 Å². The Hall–Kier alpha value is -3.14. The molecule has 4 heteroatoms. The molecular weight excluding hydrogens is 374 g/mol. The van der Waals surface area contributed by atoms with Gasteiger partial charge >= 0.3 is 0 Å². The van der Waals surface area contributed by atoms with Crippen LogP contribution in [0.25, 0.3) is 11.5 Å². The van der Waals surface area contributed by atoms with Gasteiger partial charge in [-0.1, -0.05) is 45.2 Å². The maximum Gasteiger partial charge on any atom is 0.150 e. The lowest BCUT2D eigenvalue weighted by Crippen LogP contribution is -2.20. The van der Waals surface area contributed by atoms with Crippen molar-refractivity contribution in [3.63, 3.8) is 0 Å². The van der Waals surface area contributed by atoms with E-state index in [1.54, 1.807) is 12.1 Å². The smallest absolute Gasteiger partial charge is 0.150 e. The van der Waals surface area contributed by atoms with Gasteiger partial charge in [0.1, 0.15) is 12.0 Å². The van der Waals surface area contributed by atoms with Crippen LogP contribution in [0, 0.1) is 5.41 Å². The summed E-state index contributed by atoms with van der Waals surface area (Å²) in [6.07, 6.45) is 6.06. The number of anilines is 1. The summed E-state index contributed by atoms with van der Waals surface area (Å²) in [4.78, 5) is 22.5. The van der Waals surface area contributed by atoms with Gasteiger partial charge in [0.2, 0.25) is 0 Å². The molecule has 4 nitrogen and oxygen atoms in total. The van der Waals surface area contributed by atoms with Crippen molar-refractivity contribution in [2.75, 3.05) is 5.32 Å². The molecule has 0 amide bonds. The maximum atomic E-state index is 11.5. The Labute approximate surface area is 178 Å². The largest absolute Gasteiger partial charge is 0.508 e. The average Bonchev–Trinajstić information content (AvgIpc) is 2.72. The minimum absolute atomic E-state index is 0.0338. The van der Waals surface area contributed by atoms with Gasteiger partial charge in [0.05, 0.1) is 0 Å². The van der Waals surface area contributed by atoms with Crippen molar-refractivity contribution in [1.29, 1.82) is 0 Å². The van der Waals surface area contributed by atoms with Crippen LogP contribution in [0.3, 0.4) is 0 Å². The minimum Gasteiger partial charge on any atom is -0.508 e. The normalized spacial score (nSPS) is 15.9. The van der Waals surface area contributed by atoms with Crippen LogP contribution in [-0.2, 0) is 0 Å². The molecule has 0 aromatic heterocycles. The van der Waals surface area contributed by atoms with Gasteiger partial charge in [-0.05, 0) is 60.8 Å². The second-order valence-corrected chi connectivity index (χ2v) is 8.88. The van der Waals surface area contributed by atoms with Gasteiger partial charge in [-0.2, -0.15) is 0 Å². The van der Waals surface area contributed by atoms with Crippen LogP contribution in [0.2, 0.25) is 0 Å². The van der Waals surface area contributed by atoms with E-state index in [1.165, 1.54) is 24.5 Å². The standard InChI is InChI=1S/C26H29NO3/c1-17(23-7-5-19(15-28)13-22(23)16-29)27-25-14-21(6-8-24(25)18(2)30)20-9-11-26(3,4)12-10-20/h5-8,13-16,20,27,30H,1-2,9-12H2,3-4H3. The van der Waals surface area contributed by atoms with Crippen LogP contribution in [0.1, 0.15) is 82.9 Å². The maximum absolute atomic E-state index is 11.5. The summed E-state index contributed by atoms with van der Waals surface area (Å²) >= 11 is 0. The minimum atomic E-state index is -0.0338. The SMILES string of the molecule is C=C(Nc1cc(C2CCC(C)(C)CC2)ccc1C(=C)O)c1ccc(C=O)cc1C=O. The molecule has 1 fully saturated rings. The first-order valence-corrected chi connectivity index (χ1v) is 10.3. The Morgan fingerprint density at radius 2 is 1.70 bits per heavy atom. The molecule has 30 heavy (non-hydrogen) atoms. The molecule has 0 heterocycles. The molecule has 0 saturated heterocycles. The summed E-state index contributed by atoms with van der Waals surface area (Å²) in [5, 5.41) is 13.3. The third kappa shape index (κ3) is 4.70. The molecule has 2 aromatic carbocycles. The summed E-state index contributed by atoms with van der Waals surface area (Å²) in [5.41, 5.74) is 4.84. The lowest BCUT2D eigenvalue weighted by molar-refractivity contribution is 0.112. The fraction of sp³-hybridized carbons (Fsp3) is 0.308. The Kier molecular flexibility index (Phi) is 6.25. The topological polar surface area (TPSA) is 66.4 Å². The summed E-state index contributed by atoms with van der Waals surface area (Å²) in [6.45, 7) is 12.4. The van der Waals surface area contributed by atoms with Crippen LogP contribution in [-0.4, -0.2) is 17.7 Å². The van der Waals surface area contributed by atoms with Gasteiger partial charge in [0.15, 0.2) is 6.29 Å². The molecule has 1 aliphatic rings. The fourth-order valence-corrected chi connectivity index (χ4v) is 4.16. The Morgan fingerprint density at radius 3 is 2.30 bits per heavy atom. The number of hydrogen-bond donors (Lipinski definition) is 2. The highest BCUT2D eigenvalue weighted by atomic mass is 16.3. The second kappa shape index (κ2) is 8.70. The summed E-state index contributed by atoms with van der Waals surface area (Å²) in [6, 6.07) is 10.9. The molecule has 0 unspecified atom stereocenters. The van der Waals surface area contributed by atoms with E-state index in [1.807, 2.05) is 12.1 Å². The lowest BCUT2D eigenvalue weighted by atomic mass is 9.71. The number of aliphatic hydroxyl groups excluding tert-OH is 1. The highest BCUT2D eigenvalue weighted by molar-refractivity contribution is 5.92. The molecule has 0 radical (unpaired) electrons.